The SMILES string of the molecule is CC.CNC1C(=O)N(C2CCCC2)CCc2ccccc21. The van der Waals surface area contributed by atoms with Gasteiger partial charge in [0, 0.05) is 12.6 Å². The van der Waals surface area contributed by atoms with Crippen molar-refractivity contribution in [1.29, 1.82) is 0 Å². The van der Waals surface area contributed by atoms with E-state index in [-0.39, 0.29) is 11.9 Å². The second kappa shape index (κ2) is 7.60. The van der Waals surface area contributed by atoms with Crippen LogP contribution in [0.3, 0.4) is 0 Å². The average Bonchev–Trinajstić information content (AvgIpc) is 3.01. The Balaban J connectivity index is 0.000000774. The van der Waals surface area contributed by atoms with Crippen LogP contribution in [-0.4, -0.2) is 30.4 Å². The summed E-state index contributed by atoms with van der Waals surface area (Å²) in [6.45, 7) is 4.87. The molecule has 1 N–H and O–H groups in total. The van der Waals surface area contributed by atoms with Gasteiger partial charge in [0.05, 0.1) is 0 Å². The fourth-order valence-corrected chi connectivity index (χ4v) is 3.55. The summed E-state index contributed by atoms with van der Waals surface area (Å²) in [5.41, 5.74) is 2.48. The highest BCUT2D eigenvalue weighted by Gasteiger charge is 2.34. The molecule has 21 heavy (non-hydrogen) atoms. The summed E-state index contributed by atoms with van der Waals surface area (Å²) in [4.78, 5) is 14.9. The highest BCUT2D eigenvalue weighted by Crippen LogP contribution is 2.30. The summed E-state index contributed by atoms with van der Waals surface area (Å²) < 4.78 is 0. The van der Waals surface area contributed by atoms with Crippen LogP contribution in [-0.2, 0) is 11.2 Å². The first kappa shape index (κ1) is 16.0. The molecule has 2 aliphatic rings. The van der Waals surface area contributed by atoms with Gasteiger partial charge in [-0.05, 0) is 37.4 Å². The number of hydrogen-bond acceptors (Lipinski definition) is 2. The molecule has 1 atom stereocenters. The van der Waals surface area contributed by atoms with Crippen molar-refractivity contribution in [1.82, 2.24) is 10.2 Å². The van der Waals surface area contributed by atoms with E-state index in [2.05, 4.69) is 28.4 Å². The molecule has 1 fully saturated rings. The molecule has 0 aromatic heterocycles. The topological polar surface area (TPSA) is 32.3 Å². The molecule has 116 valence electrons. The van der Waals surface area contributed by atoms with Gasteiger partial charge in [0.25, 0.3) is 0 Å². The Kier molecular flexibility index (Phi) is 5.80. The number of hydrogen-bond donors (Lipinski definition) is 1. The normalized spacial score (nSPS) is 22.3. The Morgan fingerprint density at radius 2 is 1.81 bits per heavy atom. The minimum atomic E-state index is -0.167. The van der Waals surface area contributed by atoms with E-state index in [4.69, 9.17) is 0 Å². The summed E-state index contributed by atoms with van der Waals surface area (Å²) in [6, 6.07) is 8.65. The van der Waals surface area contributed by atoms with Crippen molar-refractivity contribution >= 4 is 5.91 Å². The maximum Gasteiger partial charge on any atom is 0.244 e. The van der Waals surface area contributed by atoms with Gasteiger partial charge in [0.1, 0.15) is 6.04 Å². The van der Waals surface area contributed by atoms with Crippen LogP contribution in [0, 0.1) is 0 Å². The van der Waals surface area contributed by atoms with Gasteiger partial charge in [-0.2, -0.15) is 0 Å². The molecule has 3 rings (SSSR count). The van der Waals surface area contributed by atoms with Crippen LogP contribution in [0.1, 0.15) is 56.7 Å². The molecule has 1 heterocycles. The predicted octanol–water partition coefficient (Wildman–Crippen LogP) is 3.30. The molecule has 1 aliphatic carbocycles. The third-order valence-corrected chi connectivity index (χ3v) is 4.57. The standard InChI is InChI=1S/C16H22N2O.C2H6/c1-17-15-14-9-5-2-6-12(14)10-11-18(16(15)19)13-7-3-4-8-13;1-2/h2,5-6,9,13,15,17H,3-4,7-8,10-11H2,1H3;1-2H3. The quantitative estimate of drug-likeness (QED) is 0.905. The number of likely N-dealkylation sites (N-methyl/N-ethyl adjacent to an activating group) is 1. The fourth-order valence-electron chi connectivity index (χ4n) is 3.55. The second-order valence-electron chi connectivity index (χ2n) is 5.64. The average molecular weight is 288 g/mol. The summed E-state index contributed by atoms with van der Waals surface area (Å²) in [6.07, 6.45) is 5.88. The van der Waals surface area contributed by atoms with E-state index >= 15 is 0 Å². The Hall–Kier alpha value is -1.35. The van der Waals surface area contributed by atoms with Crippen molar-refractivity contribution < 1.29 is 4.79 Å². The Morgan fingerprint density at radius 1 is 1.14 bits per heavy atom. The maximum absolute atomic E-state index is 12.8. The number of rotatable bonds is 2. The number of fused-ring (bicyclic) bond motifs is 1. The number of nitrogens with one attached hydrogen (secondary N) is 1. The van der Waals surface area contributed by atoms with Gasteiger partial charge < -0.3 is 10.2 Å². The second-order valence-corrected chi connectivity index (χ2v) is 5.64. The van der Waals surface area contributed by atoms with E-state index in [1.807, 2.05) is 27.0 Å². The van der Waals surface area contributed by atoms with Gasteiger partial charge in [0.15, 0.2) is 0 Å². The lowest BCUT2D eigenvalue weighted by atomic mass is 9.99. The zero-order valence-electron chi connectivity index (χ0n) is 13.6. The van der Waals surface area contributed by atoms with Crippen LogP contribution >= 0.6 is 0 Å². The molecule has 3 heteroatoms. The molecule has 0 radical (unpaired) electrons. The van der Waals surface area contributed by atoms with Crippen molar-refractivity contribution in [3.63, 3.8) is 0 Å². The molecule has 1 amide bonds. The largest absolute Gasteiger partial charge is 0.338 e. The van der Waals surface area contributed by atoms with Crippen LogP contribution in [0.5, 0.6) is 0 Å². The van der Waals surface area contributed by atoms with E-state index in [9.17, 15) is 4.79 Å². The molecule has 1 saturated carbocycles. The number of nitrogens with zero attached hydrogens (tertiary/aromatic N) is 1. The highest BCUT2D eigenvalue weighted by molar-refractivity contribution is 5.84. The van der Waals surface area contributed by atoms with E-state index in [0.717, 1.165) is 18.5 Å². The first-order chi connectivity index (χ1) is 10.3. The summed E-state index contributed by atoms with van der Waals surface area (Å²) in [5, 5.41) is 3.21. The molecular formula is C18H28N2O. The van der Waals surface area contributed by atoms with E-state index in [1.165, 1.54) is 31.2 Å². The lowest BCUT2D eigenvalue weighted by molar-refractivity contribution is -0.135. The molecule has 0 saturated heterocycles. The van der Waals surface area contributed by atoms with E-state index in [1.54, 1.807) is 0 Å². The molecule has 1 aromatic carbocycles. The van der Waals surface area contributed by atoms with Crippen LogP contribution in [0.15, 0.2) is 24.3 Å². The molecular weight excluding hydrogens is 260 g/mol. The third kappa shape index (κ3) is 3.29. The molecule has 0 spiro atoms. The van der Waals surface area contributed by atoms with Crippen LogP contribution in [0.2, 0.25) is 0 Å². The first-order valence-corrected chi connectivity index (χ1v) is 8.37. The predicted molar refractivity (Wildman–Crippen MR) is 87.3 cm³/mol. The maximum atomic E-state index is 12.8. The molecule has 1 aromatic rings. The van der Waals surface area contributed by atoms with Gasteiger partial charge >= 0.3 is 0 Å². The highest BCUT2D eigenvalue weighted by atomic mass is 16.2. The number of benzene rings is 1. The Bertz CT molecular complexity index is 466. The Morgan fingerprint density at radius 3 is 2.48 bits per heavy atom. The molecule has 0 bridgehead atoms. The first-order valence-electron chi connectivity index (χ1n) is 8.37. The number of carbonyl (C=O) groups is 1. The van der Waals surface area contributed by atoms with Gasteiger partial charge in [-0.25, -0.2) is 0 Å². The van der Waals surface area contributed by atoms with Crippen molar-refractivity contribution in [3.05, 3.63) is 35.4 Å². The van der Waals surface area contributed by atoms with Crippen LogP contribution < -0.4 is 5.32 Å². The van der Waals surface area contributed by atoms with Crippen molar-refractivity contribution in [2.45, 2.75) is 58.0 Å². The van der Waals surface area contributed by atoms with Crippen LogP contribution in [0.25, 0.3) is 0 Å². The van der Waals surface area contributed by atoms with Gasteiger partial charge in [-0.3, -0.25) is 4.79 Å². The number of amides is 1. The van der Waals surface area contributed by atoms with Crippen molar-refractivity contribution in [3.8, 4) is 0 Å². The monoisotopic (exact) mass is 288 g/mol. The van der Waals surface area contributed by atoms with Gasteiger partial charge in [0.2, 0.25) is 5.91 Å². The Labute approximate surface area is 128 Å². The lowest BCUT2D eigenvalue weighted by Crippen LogP contribution is -2.44. The number of carbonyl (C=O) groups excluding carboxylic acids is 1. The van der Waals surface area contributed by atoms with Crippen molar-refractivity contribution in [2.75, 3.05) is 13.6 Å². The van der Waals surface area contributed by atoms with E-state index < -0.39 is 0 Å². The third-order valence-electron chi connectivity index (χ3n) is 4.57. The van der Waals surface area contributed by atoms with Gasteiger partial charge in [-0.15, -0.1) is 0 Å². The van der Waals surface area contributed by atoms with Gasteiger partial charge in [-0.1, -0.05) is 51.0 Å². The molecule has 1 unspecified atom stereocenters. The smallest absolute Gasteiger partial charge is 0.244 e. The zero-order valence-corrected chi connectivity index (χ0v) is 13.6. The lowest BCUT2D eigenvalue weighted by Gasteiger charge is -2.30. The zero-order chi connectivity index (χ0) is 15.2. The van der Waals surface area contributed by atoms with Crippen LogP contribution in [0.4, 0.5) is 0 Å². The molecule has 3 nitrogen and oxygen atoms in total. The minimum absolute atomic E-state index is 0.167. The summed E-state index contributed by atoms with van der Waals surface area (Å²) >= 11 is 0. The fraction of sp³-hybridized carbons (Fsp3) is 0.611. The minimum Gasteiger partial charge on any atom is -0.338 e. The molecule has 1 aliphatic heterocycles. The van der Waals surface area contributed by atoms with Crippen molar-refractivity contribution in [2.24, 2.45) is 0 Å². The summed E-state index contributed by atoms with van der Waals surface area (Å²) in [5.74, 6) is 0.263. The van der Waals surface area contributed by atoms with E-state index in [0.29, 0.717) is 6.04 Å². The summed E-state index contributed by atoms with van der Waals surface area (Å²) in [7, 11) is 1.89.